The number of aromatic hydroxyl groups is 1. The van der Waals surface area contributed by atoms with Crippen LogP contribution in [0.2, 0.25) is 0 Å². The lowest BCUT2D eigenvalue weighted by Crippen LogP contribution is -2.63. The van der Waals surface area contributed by atoms with Crippen molar-refractivity contribution in [2.24, 2.45) is 16.5 Å². The molecule has 2 aromatic rings. The summed E-state index contributed by atoms with van der Waals surface area (Å²) in [5, 5.41) is 24.6. The number of aliphatic carboxylic acids is 1. The quantitative estimate of drug-likeness (QED) is 0.0819. The number of carboxylic acid groups (broad SMARTS) is 1. The lowest BCUT2D eigenvalue weighted by molar-refractivity contribution is -0.144. The van der Waals surface area contributed by atoms with Crippen LogP contribution < -0.4 is 31.6 Å². The van der Waals surface area contributed by atoms with E-state index < -0.39 is 35.4 Å². The van der Waals surface area contributed by atoms with Gasteiger partial charge in [-0.05, 0) is 80.8 Å². The Labute approximate surface area is 275 Å². The molecule has 1 fully saturated rings. The van der Waals surface area contributed by atoms with Gasteiger partial charge in [0, 0.05) is 25.9 Å². The van der Waals surface area contributed by atoms with Gasteiger partial charge in [0.15, 0.2) is 17.5 Å². The monoisotopic (exact) mass is 655 g/mol. The number of amides is 3. The second-order valence-electron chi connectivity index (χ2n) is 11.6. The van der Waals surface area contributed by atoms with Crippen molar-refractivity contribution in [3.05, 3.63) is 53.6 Å². The Morgan fingerprint density at radius 2 is 1.77 bits per heavy atom. The topological polar surface area (TPSA) is 219 Å². The van der Waals surface area contributed by atoms with Crippen LogP contribution >= 0.6 is 0 Å². The molecule has 8 N–H and O–H groups in total. The summed E-state index contributed by atoms with van der Waals surface area (Å²) in [6, 6.07) is 8.31. The molecule has 0 spiro atoms. The smallest absolute Gasteiger partial charge is 0.326 e. The van der Waals surface area contributed by atoms with Gasteiger partial charge in [0.25, 0.3) is 0 Å². The molecule has 0 aromatic heterocycles. The minimum absolute atomic E-state index is 0.00699. The number of nitrogens with one attached hydrogen (secondary N) is 2. The van der Waals surface area contributed by atoms with Gasteiger partial charge in [-0.15, -0.1) is 0 Å². The molecule has 3 atom stereocenters. The molecular formula is C33H46N6O8. The van der Waals surface area contributed by atoms with E-state index in [1.165, 1.54) is 26.0 Å². The van der Waals surface area contributed by atoms with Gasteiger partial charge < -0.3 is 46.7 Å². The van der Waals surface area contributed by atoms with Crippen molar-refractivity contribution in [1.82, 2.24) is 15.5 Å². The molecule has 2 aromatic carbocycles. The lowest BCUT2D eigenvalue weighted by atomic mass is 9.90. The van der Waals surface area contributed by atoms with Crippen molar-refractivity contribution in [1.29, 1.82) is 0 Å². The molecule has 256 valence electrons. The van der Waals surface area contributed by atoms with Gasteiger partial charge in [-0.2, -0.15) is 0 Å². The normalized spacial score (nSPS) is 17.9. The van der Waals surface area contributed by atoms with Crippen LogP contribution in [0.15, 0.2) is 47.5 Å². The highest BCUT2D eigenvalue weighted by molar-refractivity contribution is 5.96. The molecule has 3 amide bonds. The number of likely N-dealkylation sites (tertiary alicyclic amines) is 1. The van der Waals surface area contributed by atoms with E-state index in [0.29, 0.717) is 36.3 Å². The predicted octanol–water partition coefficient (Wildman–Crippen LogP) is 1.46. The van der Waals surface area contributed by atoms with E-state index in [0.717, 1.165) is 5.56 Å². The number of phenolic OH excluding ortho intramolecular Hbond substituents is 1. The highest BCUT2D eigenvalue weighted by Crippen LogP contribution is 2.30. The number of guanidine groups is 1. The van der Waals surface area contributed by atoms with Gasteiger partial charge in [0.1, 0.15) is 23.3 Å². The molecule has 14 nitrogen and oxygen atoms in total. The lowest BCUT2D eigenvalue weighted by Gasteiger charge is -2.34. The minimum Gasteiger partial charge on any atom is -0.508 e. The van der Waals surface area contributed by atoms with Gasteiger partial charge in [-0.3, -0.25) is 19.4 Å². The molecular weight excluding hydrogens is 608 g/mol. The number of carbonyl (C=O) groups excluding carboxylic acids is 3. The molecule has 0 radical (unpaired) electrons. The summed E-state index contributed by atoms with van der Waals surface area (Å²) in [6.45, 7) is 1.80. The SMILES string of the molecule is [2H][C@@]1(C(=O)N[C@@](C)(Cc2ccc(OC)c(OC)c2)C(=O)N[C@@H](CCCN=C(N)N)C(=O)O)CCCN1C(=O)CCCc1ccc(O)cc1. The Hall–Kier alpha value is -5.01. The minimum atomic E-state index is -1.99. The number of benzene rings is 2. The highest BCUT2D eigenvalue weighted by Gasteiger charge is 2.42. The predicted molar refractivity (Wildman–Crippen MR) is 175 cm³/mol. The third kappa shape index (κ3) is 10.5. The van der Waals surface area contributed by atoms with Crippen LogP contribution in [0.3, 0.4) is 0 Å². The van der Waals surface area contributed by atoms with Crippen molar-refractivity contribution in [2.75, 3.05) is 27.3 Å². The van der Waals surface area contributed by atoms with Crippen LogP contribution in [0.4, 0.5) is 0 Å². The maximum atomic E-state index is 13.9. The number of carboxylic acids is 1. The van der Waals surface area contributed by atoms with Gasteiger partial charge in [-0.25, -0.2) is 4.79 Å². The van der Waals surface area contributed by atoms with Crippen LogP contribution in [-0.4, -0.2) is 89.7 Å². The second-order valence-corrected chi connectivity index (χ2v) is 11.6. The van der Waals surface area contributed by atoms with Crippen molar-refractivity contribution >= 4 is 29.7 Å². The van der Waals surface area contributed by atoms with E-state index in [-0.39, 0.29) is 62.8 Å². The molecule has 0 saturated carbocycles. The highest BCUT2D eigenvalue weighted by atomic mass is 16.5. The second kappa shape index (κ2) is 17.1. The van der Waals surface area contributed by atoms with Crippen molar-refractivity contribution < 1.29 is 40.2 Å². The van der Waals surface area contributed by atoms with Gasteiger partial charge in [0.2, 0.25) is 17.7 Å². The molecule has 1 heterocycles. The molecule has 1 aliphatic rings. The number of carbonyl (C=O) groups is 4. The first-order chi connectivity index (χ1) is 22.7. The third-order valence-electron chi connectivity index (χ3n) is 7.92. The zero-order chi connectivity index (χ0) is 35.5. The molecule has 0 aliphatic carbocycles. The summed E-state index contributed by atoms with van der Waals surface area (Å²) in [5.74, 6) is -2.48. The number of hydrogen-bond donors (Lipinski definition) is 6. The first kappa shape index (κ1) is 34.9. The number of rotatable bonds is 17. The number of aryl methyl sites for hydroxylation is 1. The summed E-state index contributed by atoms with van der Waals surface area (Å²) >= 11 is 0. The zero-order valence-corrected chi connectivity index (χ0v) is 27.1. The zero-order valence-electron chi connectivity index (χ0n) is 28.1. The van der Waals surface area contributed by atoms with Crippen LogP contribution in [0, 0.1) is 0 Å². The maximum absolute atomic E-state index is 13.9. The van der Waals surface area contributed by atoms with E-state index in [9.17, 15) is 29.4 Å². The standard InChI is InChI=1S/C33H46N6O8/c1-33(20-22-13-16-26(46-2)27(19-22)47-3,31(45)37-24(30(43)44)8-5-17-36-32(34)35)38-29(42)25-9-6-18-39(25)28(41)10-4-7-21-11-14-23(40)15-12-21/h11-16,19,24-25,40H,4-10,17-18,20H2,1-3H3,(H,37,45)(H,38,42)(H,43,44)(H4,34,35,36)/t24-,25-,33-/m0/s1/i25D. The summed E-state index contributed by atoms with van der Waals surface area (Å²) in [6.07, 6.45) is 1.75. The number of hydrogen-bond acceptors (Lipinski definition) is 8. The number of methoxy groups -OCH3 is 2. The molecule has 3 rings (SSSR count). The summed E-state index contributed by atoms with van der Waals surface area (Å²) in [7, 11) is 2.93. The van der Waals surface area contributed by atoms with E-state index >= 15 is 0 Å². The van der Waals surface area contributed by atoms with E-state index in [1.807, 2.05) is 0 Å². The fraction of sp³-hybridized carbons (Fsp3) is 0.485. The van der Waals surface area contributed by atoms with Gasteiger partial charge >= 0.3 is 5.97 Å². The molecule has 1 saturated heterocycles. The third-order valence-corrected chi connectivity index (χ3v) is 7.92. The molecule has 0 bridgehead atoms. The Bertz CT molecular complexity index is 1480. The average Bonchev–Trinajstić information content (AvgIpc) is 3.45. The Morgan fingerprint density at radius 3 is 2.40 bits per heavy atom. The number of nitrogens with zero attached hydrogens (tertiary/aromatic N) is 2. The molecule has 1 aliphatic heterocycles. The average molecular weight is 656 g/mol. The van der Waals surface area contributed by atoms with E-state index in [2.05, 4.69) is 15.6 Å². The maximum Gasteiger partial charge on any atom is 0.326 e. The largest absolute Gasteiger partial charge is 0.508 e. The van der Waals surface area contributed by atoms with Crippen LogP contribution in [0.5, 0.6) is 17.2 Å². The molecule has 0 unspecified atom stereocenters. The Kier molecular flexibility index (Phi) is 12.7. The van der Waals surface area contributed by atoms with Crippen molar-refractivity contribution in [2.45, 2.75) is 75.9 Å². The first-order valence-electron chi connectivity index (χ1n) is 15.9. The van der Waals surface area contributed by atoms with Crippen LogP contribution in [0.1, 0.15) is 57.9 Å². The van der Waals surface area contributed by atoms with Gasteiger partial charge in [0.05, 0.1) is 15.6 Å². The molecule has 47 heavy (non-hydrogen) atoms. The fourth-order valence-corrected chi connectivity index (χ4v) is 5.41. The number of nitrogens with two attached hydrogens (primary N) is 2. The summed E-state index contributed by atoms with van der Waals surface area (Å²) in [5.41, 5.74) is 10.4. The number of aliphatic imine (C=N–C) groups is 1. The Balaban J connectivity index is 1.83. The van der Waals surface area contributed by atoms with Crippen molar-refractivity contribution in [3.8, 4) is 17.2 Å². The number of ether oxygens (including phenoxy) is 2. The van der Waals surface area contributed by atoms with Crippen molar-refractivity contribution in [3.63, 3.8) is 0 Å². The van der Waals surface area contributed by atoms with E-state index in [1.54, 1.807) is 42.5 Å². The first-order valence-corrected chi connectivity index (χ1v) is 15.4. The fourth-order valence-electron chi connectivity index (χ4n) is 5.41. The Morgan fingerprint density at radius 1 is 1.09 bits per heavy atom. The molecule has 14 heteroatoms. The van der Waals surface area contributed by atoms with Gasteiger partial charge in [-0.1, -0.05) is 18.2 Å². The summed E-state index contributed by atoms with van der Waals surface area (Å²) < 4.78 is 19.9. The van der Waals surface area contributed by atoms with Crippen LogP contribution in [0.25, 0.3) is 0 Å². The number of phenols is 1. The van der Waals surface area contributed by atoms with E-state index in [4.69, 9.17) is 22.3 Å². The summed E-state index contributed by atoms with van der Waals surface area (Å²) in [4.78, 5) is 58.3. The van der Waals surface area contributed by atoms with Crippen LogP contribution in [-0.2, 0) is 32.0 Å².